The number of hydrogen-bond donors (Lipinski definition) is 1. The molecule has 0 bridgehead atoms. The van der Waals surface area contributed by atoms with Gasteiger partial charge < -0.3 is 9.73 Å². The Hall–Kier alpha value is -2.46. The number of nitrogens with zero attached hydrogens (tertiary/aromatic N) is 1. The summed E-state index contributed by atoms with van der Waals surface area (Å²) >= 11 is 11.5. The van der Waals surface area contributed by atoms with E-state index in [2.05, 4.69) is 21.2 Å². The van der Waals surface area contributed by atoms with Crippen LogP contribution in [-0.2, 0) is 9.59 Å². The molecule has 1 N–H and O–H groups in total. The number of halogens is 2. The minimum Gasteiger partial charge on any atom is -0.450 e. The number of carbonyl (C=O) groups excluding carboxylic acids is 3. The first-order valence-electron chi connectivity index (χ1n) is 9.63. The molecular weight excluding hydrogens is 548 g/mol. The monoisotopic (exact) mass is 562 g/mol. The van der Waals surface area contributed by atoms with Gasteiger partial charge in [-0.2, -0.15) is 0 Å². The number of anilines is 1. The highest BCUT2D eigenvalue weighted by atomic mass is 79.9. The normalized spacial score (nSPS) is 14.9. The highest BCUT2D eigenvalue weighted by Crippen LogP contribution is 2.34. The highest BCUT2D eigenvalue weighted by Gasteiger charge is 2.36. The molecule has 1 saturated heterocycles. The van der Waals surface area contributed by atoms with E-state index in [0.29, 0.717) is 26.0 Å². The molecule has 3 aromatic rings. The predicted octanol–water partition coefficient (Wildman–Crippen LogP) is 6.83. The van der Waals surface area contributed by atoms with Gasteiger partial charge in [0.05, 0.1) is 9.93 Å². The van der Waals surface area contributed by atoms with Crippen LogP contribution in [0.2, 0.25) is 5.02 Å². The van der Waals surface area contributed by atoms with Crippen LogP contribution in [-0.4, -0.2) is 28.5 Å². The number of thioether (sulfide) groups is 1. The van der Waals surface area contributed by atoms with Gasteiger partial charge in [0.1, 0.15) is 12.3 Å². The molecule has 2 aromatic carbocycles. The molecule has 0 radical (unpaired) electrons. The summed E-state index contributed by atoms with van der Waals surface area (Å²) in [4.78, 5) is 39.5. The van der Waals surface area contributed by atoms with Crippen LogP contribution in [0.1, 0.15) is 11.3 Å². The summed E-state index contributed by atoms with van der Waals surface area (Å²) in [6.07, 6.45) is 1.51. The number of amides is 3. The maximum Gasteiger partial charge on any atom is 0.294 e. The number of hydrogen-bond acceptors (Lipinski definition) is 6. The summed E-state index contributed by atoms with van der Waals surface area (Å²) in [6, 6.07) is 16.5. The van der Waals surface area contributed by atoms with Crippen LogP contribution in [0.5, 0.6) is 0 Å². The Morgan fingerprint density at radius 3 is 2.67 bits per heavy atom. The number of furan rings is 1. The first-order chi connectivity index (χ1) is 15.8. The Balaban J connectivity index is 1.40. The quantitative estimate of drug-likeness (QED) is 0.331. The molecule has 168 valence electrons. The molecule has 0 spiro atoms. The molecule has 1 fully saturated rings. The van der Waals surface area contributed by atoms with E-state index in [4.69, 9.17) is 16.0 Å². The summed E-state index contributed by atoms with van der Waals surface area (Å²) in [7, 11) is 0. The largest absolute Gasteiger partial charge is 0.450 e. The van der Waals surface area contributed by atoms with Crippen LogP contribution in [0.3, 0.4) is 0 Å². The van der Waals surface area contributed by atoms with Crippen molar-refractivity contribution in [3.63, 3.8) is 0 Å². The lowest BCUT2D eigenvalue weighted by Gasteiger charge is -2.12. The molecule has 0 saturated carbocycles. The summed E-state index contributed by atoms with van der Waals surface area (Å²) in [6.45, 7) is 1.62. The van der Waals surface area contributed by atoms with Gasteiger partial charge >= 0.3 is 0 Å². The van der Waals surface area contributed by atoms with E-state index in [0.717, 1.165) is 21.6 Å². The van der Waals surface area contributed by atoms with Crippen molar-refractivity contribution in [3.05, 3.63) is 80.3 Å². The zero-order valence-corrected chi connectivity index (χ0v) is 21.1. The van der Waals surface area contributed by atoms with Gasteiger partial charge in [0.15, 0.2) is 5.09 Å². The minimum atomic E-state index is -0.543. The topological polar surface area (TPSA) is 79.6 Å². The fourth-order valence-corrected chi connectivity index (χ4v) is 4.90. The Kier molecular flexibility index (Phi) is 7.33. The molecule has 2 heterocycles. The van der Waals surface area contributed by atoms with Gasteiger partial charge in [-0.1, -0.05) is 41.1 Å². The number of nitrogens with one attached hydrogen (secondary N) is 1. The first kappa shape index (κ1) is 23.7. The van der Waals surface area contributed by atoms with Crippen molar-refractivity contribution >= 4 is 79.9 Å². The number of rotatable bonds is 6. The van der Waals surface area contributed by atoms with Gasteiger partial charge in [-0.25, -0.2) is 0 Å². The van der Waals surface area contributed by atoms with Gasteiger partial charge in [0.2, 0.25) is 5.91 Å². The average molecular weight is 564 g/mol. The lowest BCUT2D eigenvalue weighted by molar-refractivity contribution is -0.127. The number of carbonyl (C=O) groups is 3. The van der Waals surface area contributed by atoms with Crippen molar-refractivity contribution in [3.8, 4) is 0 Å². The predicted molar refractivity (Wildman–Crippen MR) is 134 cm³/mol. The Morgan fingerprint density at radius 1 is 1.18 bits per heavy atom. The molecule has 1 aromatic heterocycles. The molecule has 10 heteroatoms. The van der Waals surface area contributed by atoms with Crippen molar-refractivity contribution in [2.24, 2.45) is 0 Å². The standard InChI is InChI=1S/C23H16BrClN2O4S2/c1-13-2-6-16(7-3-13)32-21-9-5-15(31-21)11-19-22(29)27(23(30)33-19)12-20(28)26-14-4-8-17(24)18(25)10-14/h2-11H,12H2,1H3,(H,26,28)/b19-11-. The molecule has 4 rings (SSSR count). The highest BCUT2D eigenvalue weighted by molar-refractivity contribution is 9.10. The Bertz CT molecular complexity index is 1270. The van der Waals surface area contributed by atoms with Crippen molar-refractivity contribution in [2.75, 3.05) is 11.9 Å². The fraction of sp³-hybridized carbons (Fsp3) is 0.0870. The van der Waals surface area contributed by atoms with E-state index >= 15 is 0 Å². The Morgan fingerprint density at radius 2 is 1.94 bits per heavy atom. The SMILES string of the molecule is Cc1ccc(Sc2ccc(/C=C3\SC(=O)N(CC(=O)Nc4ccc(Br)c(Cl)c4)C3=O)o2)cc1. The third-order valence-electron chi connectivity index (χ3n) is 4.49. The lowest BCUT2D eigenvalue weighted by atomic mass is 10.2. The van der Waals surface area contributed by atoms with Gasteiger partial charge in [-0.3, -0.25) is 19.3 Å². The van der Waals surface area contributed by atoms with E-state index in [1.165, 1.54) is 23.4 Å². The third-order valence-corrected chi connectivity index (χ3v) is 7.56. The molecule has 1 aliphatic rings. The fourth-order valence-electron chi connectivity index (χ4n) is 2.87. The van der Waals surface area contributed by atoms with Crippen molar-refractivity contribution in [1.82, 2.24) is 4.90 Å². The van der Waals surface area contributed by atoms with Crippen LogP contribution in [0.25, 0.3) is 6.08 Å². The summed E-state index contributed by atoms with van der Waals surface area (Å²) in [5.74, 6) is -0.603. The van der Waals surface area contributed by atoms with Crippen molar-refractivity contribution in [2.45, 2.75) is 16.9 Å². The summed E-state index contributed by atoms with van der Waals surface area (Å²) < 4.78 is 6.47. The average Bonchev–Trinajstić information content (AvgIpc) is 3.32. The third kappa shape index (κ3) is 5.92. The van der Waals surface area contributed by atoms with E-state index in [1.54, 1.807) is 30.3 Å². The van der Waals surface area contributed by atoms with E-state index in [1.807, 2.05) is 31.2 Å². The molecule has 0 unspecified atom stereocenters. The maximum absolute atomic E-state index is 12.7. The number of aryl methyl sites for hydroxylation is 1. The van der Waals surface area contributed by atoms with Gasteiger partial charge in [-0.15, -0.1) is 0 Å². The van der Waals surface area contributed by atoms with E-state index in [9.17, 15) is 14.4 Å². The summed E-state index contributed by atoms with van der Waals surface area (Å²) in [5.41, 5.74) is 1.63. The van der Waals surface area contributed by atoms with Gasteiger partial charge in [-0.05, 0) is 77.1 Å². The van der Waals surface area contributed by atoms with Crippen LogP contribution in [0.15, 0.2) is 78.4 Å². The van der Waals surface area contributed by atoms with E-state index in [-0.39, 0.29) is 4.91 Å². The number of imide groups is 1. The summed E-state index contributed by atoms with van der Waals surface area (Å²) in [5, 5.41) is 3.21. The van der Waals surface area contributed by atoms with Crippen LogP contribution < -0.4 is 5.32 Å². The zero-order valence-electron chi connectivity index (χ0n) is 17.1. The first-order valence-corrected chi connectivity index (χ1v) is 12.4. The zero-order chi connectivity index (χ0) is 23.5. The molecule has 0 aliphatic carbocycles. The van der Waals surface area contributed by atoms with Crippen molar-refractivity contribution < 1.29 is 18.8 Å². The molecule has 3 amide bonds. The van der Waals surface area contributed by atoms with Crippen LogP contribution in [0, 0.1) is 6.92 Å². The van der Waals surface area contributed by atoms with E-state index < -0.39 is 23.6 Å². The molecule has 33 heavy (non-hydrogen) atoms. The second-order valence-electron chi connectivity index (χ2n) is 7.02. The van der Waals surface area contributed by atoms with Crippen molar-refractivity contribution in [1.29, 1.82) is 0 Å². The van der Waals surface area contributed by atoms with Gasteiger partial charge in [0.25, 0.3) is 11.1 Å². The second-order valence-corrected chi connectivity index (χ2v) is 10.3. The van der Waals surface area contributed by atoms with Crippen LogP contribution in [0.4, 0.5) is 10.5 Å². The second kappa shape index (κ2) is 10.2. The number of benzene rings is 2. The maximum atomic E-state index is 12.7. The lowest BCUT2D eigenvalue weighted by Crippen LogP contribution is -2.36. The molecule has 1 aliphatic heterocycles. The molecule has 0 atom stereocenters. The minimum absolute atomic E-state index is 0.195. The van der Waals surface area contributed by atoms with Crippen LogP contribution >= 0.6 is 51.1 Å². The van der Waals surface area contributed by atoms with Gasteiger partial charge in [0, 0.05) is 21.1 Å². The Labute approximate surface area is 211 Å². The molecule has 6 nitrogen and oxygen atoms in total. The molecular formula is C23H16BrClN2O4S2. The smallest absolute Gasteiger partial charge is 0.294 e.